The normalized spacial score (nSPS) is 14.5. The Morgan fingerprint density at radius 2 is 2.17 bits per heavy atom. The molecule has 1 rings (SSSR count). The van der Waals surface area contributed by atoms with Crippen LogP contribution in [0.1, 0.15) is 36.9 Å². The minimum Gasteiger partial charge on any atom is -0.396 e. The van der Waals surface area contributed by atoms with Crippen LogP contribution in [0.15, 0.2) is 18.2 Å². The van der Waals surface area contributed by atoms with Crippen LogP contribution < -0.4 is 11.1 Å². The van der Waals surface area contributed by atoms with Crippen LogP contribution in [-0.2, 0) is 0 Å². The summed E-state index contributed by atoms with van der Waals surface area (Å²) in [6.45, 7) is 4.63. The van der Waals surface area contributed by atoms with Gasteiger partial charge < -0.3 is 16.2 Å². The third-order valence-electron chi connectivity index (χ3n) is 3.12. The van der Waals surface area contributed by atoms with Crippen molar-refractivity contribution in [2.75, 3.05) is 13.2 Å². The lowest BCUT2D eigenvalue weighted by molar-refractivity contribution is 0.274. The highest BCUT2D eigenvalue weighted by molar-refractivity contribution is 5.29. The Balaban J connectivity index is 2.70. The zero-order valence-electron chi connectivity index (χ0n) is 11.1. The molecule has 0 radical (unpaired) electrons. The maximum absolute atomic E-state index is 13.1. The van der Waals surface area contributed by atoms with E-state index in [1.165, 1.54) is 12.1 Å². The monoisotopic (exact) mass is 254 g/mol. The van der Waals surface area contributed by atoms with Crippen molar-refractivity contribution in [2.24, 2.45) is 5.73 Å². The van der Waals surface area contributed by atoms with Gasteiger partial charge in [-0.1, -0.05) is 6.07 Å². The van der Waals surface area contributed by atoms with Gasteiger partial charge in [0.2, 0.25) is 0 Å². The molecule has 18 heavy (non-hydrogen) atoms. The first-order valence-electron chi connectivity index (χ1n) is 6.41. The predicted molar refractivity (Wildman–Crippen MR) is 71.8 cm³/mol. The summed E-state index contributed by atoms with van der Waals surface area (Å²) in [7, 11) is 0. The molecular formula is C14H23FN2O. The molecule has 1 aromatic carbocycles. The summed E-state index contributed by atoms with van der Waals surface area (Å²) >= 11 is 0. The summed E-state index contributed by atoms with van der Waals surface area (Å²) in [6, 6.07) is 5.08. The number of aryl methyl sites for hydroxylation is 1. The van der Waals surface area contributed by atoms with Gasteiger partial charge in [0, 0.05) is 25.2 Å². The summed E-state index contributed by atoms with van der Waals surface area (Å²) in [5.41, 5.74) is 7.73. The van der Waals surface area contributed by atoms with Gasteiger partial charge in [-0.05, 0) is 49.9 Å². The number of benzene rings is 1. The standard InChI is InChI=1S/C14H23FN2O/c1-10-8-12(15)5-6-13(10)14(9-16)17-11(2)4-3-7-18/h5-6,8,11,14,17-18H,3-4,7,9,16H2,1-2H3. The zero-order valence-corrected chi connectivity index (χ0v) is 11.1. The van der Waals surface area contributed by atoms with E-state index in [2.05, 4.69) is 12.2 Å². The number of hydrogen-bond donors (Lipinski definition) is 3. The molecule has 0 amide bonds. The maximum Gasteiger partial charge on any atom is 0.123 e. The third kappa shape index (κ3) is 4.37. The Bertz CT molecular complexity index is 371. The molecule has 0 saturated heterocycles. The van der Waals surface area contributed by atoms with Crippen molar-refractivity contribution in [3.05, 3.63) is 35.1 Å². The Hall–Kier alpha value is -0.970. The molecule has 0 saturated carbocycles. The van der Waals surface area contributed by atoms with Crippen molar-refractivity contribution in [1.29, 1.82) is 0 Å². The first-order chi connectivity index (χ1) is 8.58. The van der Waals surface area contributed by atoms with Gasteiger partial charge in [-0.25, -0.2) is 4.39 Å². The van der Waals surface area contributed by atoms with E-state index in [1.807, 2.05) is 6.92 Å². The number of nitrogens with one attached hydrogen (secondary N) is 1. The molecule has 4 heteroatoms. The molecule has 3 nitrogen and oxygen atoms in total. The summed E-state index contributed by atoms with van der Waals surface area (Å²) in [6.07, 6.45) is 1.67. The molecule has 0 aliphatic carbocycles. The van der Waals surface area contributed by atoms with E-state index in [1.54, 1.807) is 6.07 Å². The molecule has 0 aromatic heterocycles. The van der Waals surface area contributed by atoms with Gasteiger partial charge in [0.15, 0.2) is 0 Å². The average Bonchev–Trinajstić information content (AvgIpc) is 2.34. The molecular weight excluding hydrogens is 231 g/mol. The van der Waals surface area contributed by atoms with Gasteiger partial charge in [0.05, 0.1) is 0 Å². The van der Waals surface area contributed by atoms with Crippen LogP contribution in [0, 0.1) is 12.7 Å². The smallest absolute Gasteiger partial charge is 0.123 e. The van der Waals surface area contributed by atoms with Gasteiger partial charge in [-0.2, -0.15) is 0 Å². The van der Waals surface area contributed by atoms with Crippen LogP contribution in [0.3, 0.4) is 0 Å². The van der Waals surface area contributed by atoms with Crippen LogP contribution in [0.4, 0.5) is 4.39 Å². The highest BCUT2D eigenvalue weighted by Crippen LogP contribution is 2.19. The second kappa shape index (κ2) is 7.46. The molecule has 0 bridgehead atoms. The Kier molecular flexibility index (Phi) is 6.25. The maximum atomic E-state index is 13.1. The molecule has 0 fully saturated rings. The van der Waals surface area contributed by atoms with E-state index in [9.17, 15) is 4.39 Å². The van der Waals surface area contributed by atoms with E-state index in [0.717, 1.165) is 24.0 Å². The van der Waals surface area contributed by atoms with E-state index >= 15 is 0 Å². The fraction of sp³-hybridized carbons (Fsp3) is 0.571. The molecule has 0 heterocycles. The number of aliphatic hydroxyl groups is 1. The van der Waals surface area contributed by atoms with Crippen molar-refractivity contribution in [3.8, 4) is 0 Å². The van der Waals surface area contributed by atoms with Crippen LogP contribution in [0.25, 0.3) is 0 Å². The predicted octanol–water partition coefficient (Wildman–Crippen LogP) is 1.88. The lowest BCUT2D eigenvalue weighted by Crippen LogP contribution is -2.35. The van der Waals surface area contributed by atoms with E-state index in [0.29, 0.717) is 6.54 Å². The molecule has 102 valence electrons. The van der Waals surface area contributed by atoms with Crippen LogP contribution in [-0.4, -0.2) is 24.3 Å². The quantitative estimate of drug-likeness (QED) is 0.696. The molecule has 0 aliphatic rings. The lowest BCUT2D eigenvalue weighted by Gasteiger charge is -2.24. The molecule has 1 aromatic rings. The van der Waals surface area contributed by atoms with Gasteiger partial charge >= 0.3 is 0 Å². The van der Waals surface area contributed by atoms with E-state index < -0.39 is 0 Å². The third-order valence-corrected chi connectivity index (χ3v) is 3.12. The molecule has 2 unspecified atom stereocenters. The second-order valence-corrected chi connectivity index (χ2v) is 4.72. The fourth-order valence-electron chi connectivity index (χ4n) is 2.14. The lowest BCUT2D eigenvalue weighted by atomic mass is 10.00. The summed E-state index contributed by atoms with van der Waals surface area (Å²) in [5, 5.41) is 12.2. The van der Waals surface area contributed by atoms with Gasteiger partial charge in [-0.3, -0.25) is 0 Å². The van der Waals surface area contributed by atoms with Crippen LogP contribution >= 0.6 is 0 Å². The van der Waals surface area contributed by atoms with Crippen molar-refractivity contribution >= 4 is 0 Å². The first-order valence-corrected chi connectivity index (χ1v) is 6.41. The largest absolute Gasteiger partial charge is 0.396 e. The average molecular weight is 254 g/mol. The van der Waals surface area contributed by atoms with Gasteiger partial charge in [0.25, 0.3) is 0 Å². The Labute approximate surface area is 108 Å². The number of halogens is 1. The summed E-state index contributed by atoms with van der Waals surface area (Å²) in [4.78, 5) is 0. The molecule has 2 atom stereocenters. The zero-order chi connectivity index (χ0) is 13.5. The van der Waals surface area contributed by atoms with Crippen molar-refractivity contribution in [3.63, 3.8) is 0 Å². The second-order valence-electron chi connectivity index (χ2n) is 4.72. The first kappa shape index (κ1) is 15.1. The minimum atomic E-state index is -0.222. The number of aliphatic hydroxyl groups excluding tert-OH is 1. The number of nitrogens with two attached hydrogens (primary N) is 1. The summed E-state index contributed by atoms with van der Waals surface area (Å²) < 4.78 is 13.1. The summed E-state index contributed by atoms with van der Waals surface area (Å²) in [5.74, 6) is -0.222. The Morgan fingerprint density at radius 1 is 1.44 bits per heavy atom. The molecule has 4 N–H and O–H groups in total. The molecule has 0 spiro atoms. The minimum absolute atomic E-state index is 0.0271. The highest BCUT2D eigenvalue weighted by atomic mass is 19.1. The van der Waals surface area contributed by atoms with Crippen LogP contribution in [0.2, 0.25) is 0 Å². The number of rotatable bonds is 7. The topological polar surface area (TPSA) is 58.3 Å². The van der Waals surface area contributed by atoms with Crippen molar-refractivity contribution < 1.29 is 9.50 Å². The SMILES string of the molecule is Cc1cc(F)ccc1C(CN)NC(C)CCCO. The fourth-order valence-corrected chi connectivity index (χ4v) is 2.14. The molecule has 0 aliphatic heterocycles. The van der Waals surface area contributed by atoms with E-state index in [4.69, 9.17) is 10.8 Å². The number of hydrogen-bond acceptors (Lipinski definition) is 3. The highest BCUT2D eigenvalue weighted by Gasteiger charge is 2.14. The Morgan fingerprint density at radius 3 is 2.72 bits per heavy atom. The van der Waals surface area contributed by atoms with Crippen LogP contribution in [0.5, 0.6) is 0 Å². The van der Waals surface area contributed by atoms with Gasteiger partial charge in [-0.15, -0.1) is 0 Å². The van der Waals surface area contributed by atoms with Gasteiger partial charge in [0.1, 0.15) is 5.82 Å². The van der Waals surface area contributed by atoms with Crippen molar-refractivity contribution in [1.82, 2.24) is 5.32 Å². The van der Waals surface area contributed by atoms with Crippen molar-refractivity contribution in [2.45, 2.75) is 38.8 Å². The van der Waals surface area contributed by atoms with E-state index in [-0.39, 0.29) is 24.5 Å².